The van der Waals surface area contributed by atoms with Crippen LogP contribution in [0.5, 0.6) is 0 Å². The zero-order valence-corrected chi connectivity index (χ0v) is 13.2. The standard InChI is InChI=1S/C18H32O2/c1-2-3-4-5-6-7-8-9-10-11-12-13-14-15-16-17-18(19)20/h7-8,16-17H,2-6,9-15H2,1H3,(H,19,20)/b8-7?,17-16+. The van der Waals surface area contributed by atoms with Crippen molar-refractivity contribution in [2.45, 2.75) is 84.0 Å². The molecule has 0 bridgehead atoms. The van der Waals surface area contributed by atoms with Crippen LogP contribution in [0.1, 0.15) is 84.0 Å². The van der Waals surface area contributed by atoms with Gasteiger partial charge in [0.05, 0.1) is 0 Å². The molecular weight excluding hydrogens is 248 g/mol. The van der Waals surface area contributed by atoms with Gasteiger partial charge < -0.3 is 5.11 Å². The fourth-order valence-electron chi connectivity index (χ4n) is 2.16. The van der Waals surface area contributed by atoms with Crippen molar-refractivity contribution in [3.8, 4) is 0 Å². The number of allylic oxidation sites excluding steroid dienone is 3. The van der Waals surface area contributed by atoms with Crippen LogP contribution in [0.3, 0.4) is 0 Å². The van der Waals surface area contributed by atoms with E-state index in [0.29, 0.717) is 0 Å². The molecule has 0 atom stereocenters. The van der Waals surface area contributed by atoms with E-state index in [9.17, 15) is 4.79 Å². The molecule has 0 unspecified atom stereocenters. The Bertz CT molecular complexity index is 267. The molecule has 0 aromatic heterocycles. The molecule has 0 aliphatic rings. The first-order valence-electron chi connectivity index (χ1n) is 8.31. The van der Waals surface area contributed by atoms with Crippen molar-refractivity contribution in [2.75, 3.05) is 0 Å². The fraction of sp³-hybridized carbons (Fsp3) is 0.722. The van der Waals surface area contributed by atoms with Crippen LogP contribution in [0.2, 0.25) is 0 Å². The van der Waals surface area contributed by atoms with Crippen LogP contribution in [0.4, 0.5) is 0 Å². The molecule has 0 aliphatic carbocycles. The highest BCUT2D eigenvalue weighted by molar-refractivity contribution is 5.79. The van der Waals surface area contributed by atoms with E-state index in [2.05, 4.69) is 19.1 Å². The number of unbranched alkanes of at least 4 members (excludes halogenated alkanes) is 10. The Hall–Kier alpha value is -1.05. The van der Waals surface area contributed by atoms with Crippen molar-refractivity contribution in [3.05, 3.63) is 24.3 Å². The molecule has 0 aliphatic heterocycles. The van der Waals surface area contributed by atoms with Gasteiger partial charge in [0.25, 0.3) is 0 Å². The maximum atomic E-state index is 10.2. The smallest absolute Gasteiger partial charge is 0.327 e. The van der Waals surface area contributed by atoms with Gasteiger partial charge in [0.2, 0.25) is 0 Å². The minimum absolute atomic E-state index is 0.841. The lowest BCUT2D eigenvalue weighted by atomic mass is 10.1. The van der Waals surface area contributed by atoms with Crippen LogP contribution in [0, 0.1) is 0 Å². The van der Waals surface area contributed by atoms with Crippen molar-refractivity contribution in [1.29, 1.82) is 0 Å². The minimum Gasteiger partial charge on any atom is -0.478 e. The van der Waals surface area contributed by atoms with E-state index >= 15 is 0 Å². The first kappa shape index (κ1) is 18.9. The molecular formula is C18H32O2. The van der Waals surface area contributed by atoms with E-state index in [0.717, 1.165) is 12.8 Å². The molecule has 20 heavy (non-hydrogen) atoms. The lowest BCUT2D eigenvalue weighted by molar-refractivity contribution is -0.131. The third-order valence-electron chi connectivity index (χ3n) is 3.39. The van der Waals surface area contributed by atoms with Crippen molar-refractivity contribution >= 4 is 5.97 Å². The third kappa shape index (κ3) is 16.9. The maximum Gasteiger partial charge on any atom is 0.327 e. The Morgan fingerprint density at radius 2 is 1.20 bits per heavy atom. The molecule has 0 amide bonds. The van der Waals surface area contributed by atoms with Crippen LogP contribution in [0.25, 0.3) is 0 Å². The summed E-state index contributed by atoms with van der Waals surface area (Å²) in [4.78, 5) is 10.2. The number of hydrogen-bond acceptors (Lipinski definition) is 1. The van der Waals surface area contributed by atoms with Gasteiger partial charge in [0, 0.05) is 6.08 Å². The van der Waals surface area contributed by atoms with Gasteiger partial charge in [-0.2, -0.15) is 0 Å². The monoisotopic (exact) mass is 280 g/mol. The zero-order valence-electron chi connectivity index (χ0n) is 13.2. The Labute approximate surface area is 125 Å². The summed E-state index contributed by atoms with van der Waals surface area (Å²) < 4.78 is 0. The summed E-state index contributed by atoms with van der Waals surface area (Å²) in [7, 11) is 0. The molecule has 2 nitrogen and oxygen atoms in total. The van der Waals surface area contributed by atoms with E-state index in [1.165, 1.54) is 70.3 Å². The molecule has 0 saturated carbocycles. The molecule has 0 saturated heterocycles. The van der Waals surface area contributed by atoms with Gasteiger partial charge in [-0.1, -0.05) is 63.7 Å². The van der Waals surface area contributed by atoms with Crippen LogP contribution in [0.15, 0.2) is 24.3 Å². The van der Waals surface area contributed by atoms with Gasteiger partial charge in [-0.15, -0.1) is 0 Å². The van der Waals surface area contributed by atoms with E-state index in [-0.39, 0.29) is 0 Å². The van der Waals surface area contributed by atoms with Crippen LogP contribution < -0.4 is 0 Å². The van der Waals surface area contributed by atoms with Crippen molar-refractivity contribution < 1.29 is 9.90 Å². The molecule has 0 fully saturated rings. The highest BCUT2D eigenvalue weighted by Crippen LogP contribution is 2.09. The molecule has 0 rings (SSSR count). The molecule has 0 aromatic carbocycles. The van der Waals surface area contributed by atoms with Gasteiger partial charge in [-0.3, -0.25) is 0 Å². The average molecular weight is 280 g/mol. The van der Waals surface area contributed by atoms with Crippen LogP contribution >= 0.6 is 0 Å². The number of carbonyl (C=O) groups is 1. The second-order valence-corrected chi connectivity index (χ2v) is 5.41. The van der Waals surface area contributed by atoms with Gasteiger partial charge in [0.1, 0.15) is 0 Å². The van der Waals surface area contributed by atoms with Crippen LogP contribution in [-0.4, -0.2) is 11.1 Å². The number of carboxylic acids is 1. The van der Waals surface area contributed by atoms with Gasteiger partial charge in [-0.25, -0.2) is 4.79 Å². The normalized spacial score (nSPS) is 11.7. The summed E-state index contributed by atoms with van der Waals surface area (Å²) in [5.74, 6) is -0.841. The maximum absolute atomic E-state index is 10.2. The highest BCUT2D eigenvalue weighted by atomic mass is 16.4. The van der Waals surface area contributed by atoms with Crippen LogP contribution in [-0.2, 0) is 4.79 Å². The average Bonchev–Trinajstić information content (AvgIpc) is 2.43. The molecule has 2 heteroatoms. The SMILES string of the molecule is CCCCCCC=CCCCCCCC/C=C/C(=O)O. The van der Waals surface area contributed by atoms with E-state index in [4.69, 9.17) is 5.11 Å². The largest absolute Gasteiger partial charge is 0.478 e. The highest BCUT2D eigenvalue weighted by Gasteiger charge is 1.90. The number of rotatable bonds is 14. The predicted molar refractivity (Wildman–Crippen MR) is 87.0 cm³/mol. The first-order chi connectivity index (χ1) is 9.77. The topological polar surface area (TPSA) is 37.3 Å². The molecule has 0 aromatic rings. The molecule has 116 valence electrons. The fourth-order valence-corrected chi connectivity index (χ4v) is 2.16. The Balaban J connectivity index is 3.12. The van der Waals surface area contributed by atoms with Crippen molar-refractivity contribution in [1.82, 2.24) is 0 Å². The summed E-state index contributed by atoms with van der Waals surface area (Å²) in [5, 5.41) is 8.42. The second kappa shape index (κ2) is 16.0. The quantitative estimate of drug-likeness (QED) is 0.245. The van der Waals surface area contributed by atoms with Gasteiger partial charge >= 0.3 is 5.97 Å². The Morgan fingerprint density at radius 3 is 1.70 bits per heavy atom. The number of aliphatic carboxylic acids is 1. The third-order valence-corrected chi connectivity index (χ3v) is 3.39. The Morgan fingerprint density at radius 1 is 0.750 bits per heavy atom. The second-order valence-electron chi connectivity index (χ2n) is 5.41. The Kier molecular flexibility index (Phi) is 15.2. The minimum atomic E-state index is -0.841. The zero-order chi connectivity index (χ0) is 14.9. The predicted octanol–water partition coefficient (Wildman–Crippen LogP) is 5.88. The van der Waals surface area contributed by atoms with Crippen molar-refractivity contribution in [3.63, 3.8) is 0 Å². The number of carboxylic acid groups (broad SMARTS) is 1. The first-order valence-corrected chi connectivity index (χ1v) is 8.31. The summed E-state index contributed by atoms with van der Waals surface area (Å²) in [6.45, 7) is 2.25. The summed E-state index contributed by atoms with van der Waals surface area (Å²) in [6.07, 6.45) is 22.6. The summed E-state index contributed by atoms with van der Waals surface area (Å²) in [6, 6.07) is 0. The summed E-state index contributed by atoms with van der Waals surface area (Å²) in [5.41, 5.74) is 0. The van der Waals surface area contributed by atoms with E-state index < -0.39 is 5.97 Å². The molecule has 1 N–H and O–H groups in total. The van der Waals surface area contributed by atoms with Crippen molar-refractivity contribution in [2.24, 2.45) is 0 Å². The van der Waals surface area contributed by atoms with Gasteiger partial charge in [0.15, 0.2) is 0 Å². The lowest BCUT2D eigenvalue weighted by Crippen LogP contribution is -1.85. The summed E-state index contributed by atoms with van der Waals surface area (Å²) >= 11 is 0. The lowest BCUT2D eigenvalue weighted by Gasteiger charge is -1.98. The molecule has 0 heterocycles. The van der Waals surface area contributed by atoms with Gasteiger partial charge in [-0.05, 0) is 38.5 Å². The molecule has 0 radical (unpaired) electrons. The number of hydrogen-bond donors (Lipinski definition) is 1. The van der Waals surface area contributed by atoms with E-state index in [1.54, 1.807) is 6.08 Å². The molecule has 0 spiro atoms. The van der Waals surface area contributed by atoms with E-state index in [1.807, 2.05) is 0 Å².